The van der Waals surface area contributed by atoms with Crippen molar-refractivity contribution in [1.29, 1.82) is 0 Å². The molecule has 0 saturated carbocycles. The van der Waals surface area contributed by atoms with Gasteiger partial charge in [0.25, 0.3) is 0 Å². The third-order valence-electron chi connectivity index (χ3n) is 1.71. The SMILES string of the molecule is CC.Nc1cccc(Nc2ncccn2)c1. The lowest BCUT2D eigenvalue weighted by atomic mass is 10.3. The Bertz CT molecular complexity index is 414. The van der Waals surface area contributed by atoms with E-state index < -0.39 is 0 Å². The van der Waals surface area contributed by atoms with E-state index in [1.165, 1.54) is 0 Å². The Balaban J connectivity index is 0.000000606. The number of nitrogens with two attached hydrogens (primary N) is 1. The summed E-state index contributed by atoms with van der Waals surface area (Å²) in [4.78, 5) is 8.08. The minimum atomic E-state index is 0.568. The summed E-state index contributed by atoms with van der Waals surface area (Å²) in [5.41, 5.74) is 7.23. The molecule has 0 atom stereocenters. The van der Waals surface area contributed by atoms with Crippen LogP contribution in [-0.4, -0.2) is 9.97 Å². The fourth-order valence-corrected chi connectivity index (χ4v) is 1.11. The number of nitrogen functional groups attached to an aromatic ring is 1. The summed E-state index contributed by atoms with van der Waals surface area (Å²) in [5.74, 6) is 0.568. The molecule has 84 valence electrons. The van der Waals surface area contributed by atoms with Crippen LogP contribution in [0.1, 0.15) is 13.8 Å². The molecule has 0 unspecified atom stereocenters. The summed E-state index contributed by atoms with van der Waals surface area (Å²) in [6, 6.07) is 9.21. The first-order valence-electron chi connectivity index (χ1n) is 5.24. The van der Waals surface area contributed by atoms with Gasteiger partial charge in [0.15, 0.2) is 0 Å². The van der Waals surface area contributed by atoms with Crippen LogP contribution in [0.4, 0.5) is 17.3 Å². The summed E-state index contributed by atoms with van der Waals surface area (Å²) < 4.78 is 0. The molecule has 1 aromatic carbocycles. The highest BCUT2D eigenvalue weighted by Gasteiger charge is 1.95. The maximum atomic E-state index is 5.63. The first-order chi connectivity index (χ1) is 7.84. The van der Waals surface area contributed by atoms with Crippen molar-refractivity contribution in [2.24, 2.45) is 0 Å². The molecule has 0 aliphatic rings. The topological polar surface area (TPSA) is 63.8 Å². The van der Waals surface area contributed by atoms with Crippen LogP contribution in [0.2, 0.25) is 0 Å². The second kappa shape index (κ2) is 6.40. The van der Waals surface area contributed by atoms with Gasteiger partial charge in [-0.15, -0.1) is 0 Å². The summed E-state index contributed by atoms with van der Waals surface area (Å²) >= 11 is 0. The number of anilines is 3. The van der Waals surface area contributed by atoms with Gasteiger partial charge in [0.1, 0.15) is 0 Å². The fraction of sp³-hybridized carbons (Fsp3) is 0.167. The van der Waals surface area contributed by atoms with E-state index in [1.807, 2.05) is 38.1 Å². The molecule has 0 aliphatic carbocycles. The molecule has 0 aliphatic heterocycles. The maximum Gasteiger partial charge on any atom is 0.227 e. The molecule has 2 rings (SSSR count). The van der Waals surface area contributed by atoms with E-state index in [2.05, 4.69) is 15.3 Å². The summed E-state index contributed by atoms with van der Waals surface area (Å²) in [6.45, 7) is 4.00. The van der Waals surface area contributed by atoms with E-state index >= 15 is 0 Å². The Kier molecular flexibility index (Phi) is 4.79. The summed E-state index contributed by atoms with van der Waals surface area (Å²) in [5, 5.41) is 3.04. The molecule has 0 fully saturated rings. The third-order valence-corrected chi connectivity index (χ3v) is 1.71. The molecule has 1 heterocycles. The number of nitrogens with zero attached hydrogens (tertiary/aromatic N) is 2. The molecule has 16 heavy (non-hydrogen) atoms. The summed E-state index contributed by atoms with van der Waals surface area (Å²) in [7, 11) is 0. The molecule has 0 bridgehead atoms. The molecule has 0 spiro atoms. The van der Waals surface area contributed by atoms with Gasteiger partial charge in [0, 0.05) is 23.8 Å². The van der Waals surface area contributed by atoms with Crippen LogP contribution in [0.15, 0.2) is 42.7 Å². The zero-order chi connectivity index (χ0) is 11.8. The number of hydrogen-bond acceptors (Lipinski definition) is 4. The second-order valence-electron chi connectivity index (χ2n) is 2.82. The predicted molar refractivity (Wildman–Crippen MR) is 67.5 cm³/mol. The number of aromatic nitrogens is 2. The Morgan fingerprint density at radius 1 is 1.06 bits per heavy atom. The van der Waals surface area contributed by atoms with Gasteiger partial charge in [-0.25, -0.2) is 9.97 Å². The van der Waals surface area contributed by atoms with Crippen molar-refractivity contribution in [2.45, 2.75) is 13.8 Å². The minimum Gasteiger partial charge on any atom is -0.399 e. The predicted octanol–water partition coefficient (Wildman–Crippen LogP) is 2.83. The van der Waals surface area contributed by atoms with Crippen LogP contribution in [0.25, 0.3) is 0 Å². The van der Waals surface area contributed by atoms with Gasteiger partial charge in [-0.05, 0) is 24.3 Å². The molecule has 4 nitrogen and oxygen atoms in total. The monoisotopic (exact) mass is 216 g/mol. The zero-order valence-corrected chi connectivity index (χ0v) is 9.51. The van der Waals surface area contributed by atoms with E-state index in [9.17, 15) is 0 Å². The lowest BCUT2D eigenvalue weighted by Crippen LogP contribution is -1.96. The highest BCUT2D eigenvalue weighted by atomic mass is 15.1. The van der Waals surface area contributed by atoms with Crippen molar-refractivity contribution in [3.63, 3.8) is 0 Å². The average Bonchev–Trinajstić information content (AvgIpc) is 2.33. The Morgan fingerprint density at radius 3 is 2.38 bits per heavy atom. The molecule has 0 amide bonds. The van der Waals surface area contributed by atoms with E-state index in [4.69, 9.17) is 5.73 Å². The number of nitrogens with one attached hydrogen (secondary N) is 1. The van der Waals surface area contributed by atoms with Crippen LogP contribution in [0.3, 0.4) is 0 Å². The largest absolute Gasteiger partial charge is 0.399 e. The summed E-state index contributed by atoms with van der Waals surface area (Å²) in [6.07, 6.45) is 3.36. The fourth-order valence-electron chi connectivity index (χ4n) is 1.11. The molecule has 2 aromatic rings. The standard InChI is InChI=1S/C10H10N4.C2H6/c11-8-3-1-4-9(7-8)14-10-12-5-2-6-13-10;1-2/h1-7H,11H2,(H,12,13,14);1-2H3. The first kappa shape index (κ1) is 12.0. The van der Waals surface area contributed by atoms with Crippen molar-refractivity contribution in [2.75, 3.05) is 11.1 Å². The van der Waals surface area contributed by atoms with Crippen molar-refractivity contribution in [3.8, 4) is 0 Å². The zero-order valence-electron chi connectivity index (χ0n) is 9.51. The number of rotatable bonds is 2. The molecule has 0 saturated heterocycles. The van der Waals surface area contributed by atoms with Gasteiger partial charge < -0.3 is 11.1 Å². The Morgan fingerprint density at radius 2 is 1.75 bits per heavy atom. The number of hydrogen-bond donors (Lipinski definition) is 2. The van der Waals surface area contributed by atoms with Gasteiger partial charge in [-0.1, -0.05) is 19.9 Å². The maximum absolute atomic E-state index is 5.63. The quantitative estimate of drug-likeness (QED) is 0.758. The van der Waals surface area contributed by atoms with Gasteiger partial charge >= 0.3 is 0 Å². The highest BCUT2D eigenvalue weighted by Crippen LogP contribution is 2.14. The van der Waals surface area contributed by atoms with Crippen LogP contribution in [-0.2, 0) is 0 Å². The number of benzene rings is 1. The van der Waals surface area contributed by atoms with E-state index in [0.717, 1.165) is 5.69 Å². The first-order valence-corrected chi connectivity index (χ1v) is 5.24. The molecule has 1 aromatic heterocycles. The molecular weight excluding hydrogens is 200 g/mol. The van der Waals surface area contributed by atoms with Gasteiger partial charge in [-0.2, -0.15) is 0 Å². The average molecular weight is 216 g/mol. The molecular formula is C12H16N4. The smallest absolute Gasteiger partial charge is 0.227 e. The van der Waals surface area contributed by atoms with Crippen LogP contribution in [0, 0.1) is 0 Å². The minimum absolute atomic E-state index is 0.568. The highest BCUT2D eigenvalue weighted by molar-refractivity contribution is 5.59. The van der Waals surface area contributed by atoms with Crippen LogP contribution >= 0.6 is 0 Å². The Hall–Kier alpha value is -2.10. The van der Waals surface area contributed by atoms with Crippen molar-refractivity contribution in [3.05, 3.63) is 42.7 Å². The van der Waals surface area contributed by atoms with E-state index in [-0.39, 0.29) is 0 Å². The van der Waals surface area contributed by atoms with Gasteiger partial charge in [0.2, 0.25) is 5.95 Å². The van der Waals surface area contributed by atoms with E-state index in [0.29, 0.717) is 11.6 Å². The van der Waals surface area contributed by atoms with Crippen molar-refractivity contribution in [1.82, 2.24) is 9.97 Å². The molecule has 4 heteroatoms. The molecule has 0 radical (unpaired) electrons. The van der Waals surface area contributed by atoms with Gasteiger partial charge in [-0.3, -0.25) is 0 Å². The second-order valence-corrected chi connectivity index (χ2v) is 2.82. The van der Waals surface area contributed by atoms with E-state index in [1.54, 1.807) is 18.5 Å². The lowest BCUT2D eigenvalue weighted by Gasteiger charge is -2.03. The van der Waals surface area contributed by atoms with Gasteiger partial charge in [0.05, 0.1) is 0 Å². The Labute approximate surface area is 95.6 Å². The third kappa shape index (κ3) is 3.57. The van der Waals surface area contributed by atoms with Crippen LogP contribution < -0.4 is 11.1 Å². The lowest BCUT2D eigenvalue weighted by molar-refractivity contribution is 1.17. The van der Waals surface area contributed by atoms with Crippen molar-refractivity contribution < 1.29 is 0 Å². The van der Waals surface area contributed by atoms with Crippen molar-refractivity contribution >= 4 is 17.3 Å². The van der Waals surface area contributed by atoms with Crippen LogP contribution in [0.5, 0.6) is 0 Å². The molecule has 3 N–H and O–H groups in total. The normalized spacial score (nSPS) is 8.88.